The molecule has 0 aliphatic carbocycles. The van der Waals surface area contributed by atoms with E-state index in [1.165, 1.54) is 29.3 Å². The van der Waals surface area contributed by atoms with E-state index in [2.05, 4.69) is 10.1 Å². The second kappa shape index (κ2) is 8.26. The Morgan fingerprint density at radius 3 is 2.54 bits per heavy atom. The van der Waals surface area contributed by atoms with E-state index in [1.54, 1.807) is 43.8 Å². The fourth-order valence-corrected chi connectivity index (χ4v) is 3.74. The highest BCUT2D eigenvalue weighted by molar-refractivity contribution is 7.16. The Balaban J connectivity index is 2.19. The van der Waals surface area contributed by atoms with Crippen LogP contribution in [0, 0.1) is 0 Å². The number of carbonyl (C=O) groups excluding carboxylic acids is 2. The Hall–Kier alpha value is -3.14. The SMILES string of the molecule is CCOC(=O)Cn1c(=NC(=O)c2ccnn2C)sc2cc(OC)c(OC)cc21. The first-order chi connectivity index (χ1) is 13.5. The number of carbonyl (C=O) groups is 2. The van der Waals surface area contributed by atoms with Gasteiger partial charge in [0.05, 0.1) is 31.0 Å². The summed E-state index contributed by atoms with van der Waals surface area (Å²) in [4.78, 5) is 29.3. The number of fused-ring (bicyclic) bond motifs is 1. The van der Waals surface area contributed by atoms with Crippen molar-refractivity contribution in [1.29, 1.82) is 0 Å². The van der Waals surface area contributed by atoms with Gasteiger partial charge in [0.25, 0.3) is 5.91 Å². The molecule has 148 valence electrons. The highest BCUT2D eigenvalue weighted by Crippen LogP contribution is 2.33. The molecule has 0 fully saturated rings. The van der Waals surface area contributed by atoms with Crippen LogP contribution in [0.1, 0.15) is 17.4 Å². The van der Waals surface area contributed by atoms with Gasteiger partial charge in [0.1, 0.15) is 12.2 Å². The summed E-state index contributed by atoms with van der Waals surface area (Å²) in [6, 6.07) is 5.12. The van der Waals surface area contributed by atoms with E-state index in [0.717, 1.165) is 4.70 Å². The molecule has 0 atom stereocenters. The summed E-state index contributed by atoms with van der Waals surface area (Å²) < 4.78 is 19.6. The van der Waals surface area contributed by atoms with E-state index in [-0.39, 0.29) is 13.2 Å². The molecule has 1 aromatic carbocycles. The van der Waals surface area contributed by atoms with Crippen molar-refractivity contribution in [1.82, 2.24) is 14.3 Å². The van der Waals surface area contributed by atoms with Crippen molar-refractivity contribution >= 4 is 33.4 Å². The van der Waals surface area contributed by atoms with Gasteiger partial charge in [0, 0.05) is 25.4 Å². The monoisotopic (exact) mass is 404 g/mol. The molecule has 0 bridgehead atoms. The molecule has 28 heavy (non-hydrogen) atoms. The second-order valence-corrected chi connectivity index (χ2v) is 6.72. The van der Waals surface area contributed by atoms with Crippen LogP contribution in [-0.4, -0.2) is 47.1 Å². The molecule has 3 aromatic rings. The van der Waals surface area contributed by atoms with Gasteiger partial charge in [0.15, 0.2) is 16.3 Å². The van der Waals surface area contributed by atoms with E-state index in [9.17, 15) is 9.59 Å². The third-order valence-electron chi connectivity index (χ3n) is 4.02. The largest absolute Gasteiger partial charge is 0.493 e. The lowest BCUT2D eigenvalue weighted by Gasteiger charge is -2.09. The Labute approximate surface area is 164 Å². The lowest BCUT2D eigenvalue weighted by atomic mass is 10.3. The number of aryl methyl sites for hydroxylation is 1. The minimum absolute atomic E-state index is 0.0825. The zero-order valence-corrected chi connectivity index (χ0v) is 16.8. The van der Waals surface area contributed by atoms with Crippen molar-refractivity contribution < 1.29 is 23.8 Å². The van der Waals surface area contributed by atoms with E-state index in [4.69, 9.17) is 14.2 Å². The first-order valence-corrected chi connectivity index (χ1v) is 9.28. The molecule has 0 saturated carbocycles. The number of rotatable bonds is 6. The van der Waals surface area contributed by atoms with E-state index in [1.807, 2.05) is 0 Å². The zero-order valence-electron chi connectivity index (χ0n) is 16.0. The van der Waals surface area contributed by atoms with Crippen LogP contribution in [0.5, 0.6) is 11.5 Å². The minimum atomic E-state index is -0.455. The molecule has 3 rings (SSSR count). The molecule has 1 amide bonds. The fraction of sp³-hybridized carbons (Fsp3) is 0.333. The van der Waals surface area contributed by atoms with Crippen LogP contribution >= 0.6 is 11.3 Å². The molecule has 0 aliphatic rings. The number of aromatic nitrogens is 3. The maximum absolute atomic E-state index is 12.6. The predicted molar refractivity (Wildman–Crippen MR) is 103 cm³/mol. The number of benzene rings is 1. The van der Waals surface area contributed by atoms with Crippen LogP contribution in [0.3, 0.4) is 0 Å². The maximum Gasteiger partial charge on any atom is 0.326 e. The summed E-state index contributed by atoms with van der Waals surface area (Å²) in [6.45, 7) is 1.92. The first-order valence-electron chi connectivity index (χ1n) is 8.46. The quantitative estimate of drug-likeness (QED) is 0.581. The summed E-state index contributed by atoms with van der Waals surface area (Å²) >= 11 is 1.27. The molecule has 0 N–H and O–H groups in total. The van der Waals surface area contributed by atoms with Crippen LogP contribution in [0.15, 0.2) is 29.4 Å². The Kier molecular flexibility index (Phi) is 5.78. The van der Waals surface area contributed by atoms with Gasteiger partial charge in [-0.1, -0.05) is 11.3 Å². The molecule has 10 heteroatoms. The van der Waals surface area contributed by atoms with Crippen molar-refractivity contribution in [2.75, 3.05) is 20.8 Å². The molecule has 0 spiro atoms. The number of methoxy groups -OCH3 is 2. The molecular formula is C18H20N4O5S. The molecule has 0 aliphatic heterocycles. The molecular weight excluding hydrogens is 384 g/mol. The normalized spacial score (nSPS) is 11.6. The van der Waals surface area contributed by atoms with Gasteiger partial charge >= 0.3 is 5.97 Å². The van der Waals surface area contributed by atoms with Gasteiger partial charge in [-0.05, 0) is 13.0 Å². The number of thiazole rings is 1. The Bertz CT molecular complexity index is 1100. The van der Waals surface area contributed by atoms with Crippen molar-refractivity contribution in [3.05, 3.63) is 34.9 Å². The van der Waals surface area contributed by atoms with Crippen LogP contribution in [0.25, 0.3) is 10.2 Å². The average Bonchev–Trinajstić information content (AvgIpc) is 3.24. The van der Waals surface area contributed by atoms with Gasteiger partial charge in [-0.2, -0.15) is 10.1 Å². The highest BCUT2D eigenvalue weighted by Gasteiger charge is 2.17. The zero-order chi connectivity index (χ0) is 20.3. The number of amides is 1. The molecule has 9 nitrogen and oxygen atoms in total. The molecule has 0 saturated heterocycles. The molecule has 2 heterocycles. The van der Waals surface area contributed by atoms with Gasteiger partial charge in [0.2, 0.25) is 0 Å². The Morgan fingerprint density at radius 1 is 1.21 bits per heavy atom. The topological polar surface area (TPSA) is 96.9 Å². The van der Waals surface area contributed by atoms with Gasteiger partial charge in [-0.3, -0.25) is 14.3 Å². The van der Waals surface area contributed by atoms with Gasteiger partial charge in [-0.15, -0.1) is 0 Å². The van der Waals surface area contributed by atoms with Gasteiger partial charge < -0.3 is 18.8 Å². The van der Waals surface area contributed by atoms with E-state index >= 15 is 0 Å². The van der Waals surface area contributed by atoms with E-state index in [0.29, 0.717) is 27.5 Å². The van der Waals surface area contributed by atoms with Crippen LogP contribution < -0.4 is 14.3 Å². The number of hydrogen-bond donors (Lipinski definition) is 0. The predicted octanol–water partition coefficient (Wildman–Crippen LogP) is 1.76. The number of esters is 1. The van der Waals surface area contributed by atoms with Crippen molar-refractivity contribution in [2.24, 2.45) is 12.0 Å². The van der Waals surface area contributed by atoms with Crippen molar-refractivity contribution in [3.63, 3.8) is 0 Å². The second-order valence-electron chi connectivity index (χ2n) is 5.71. The fourth-order valence-electron chi connectivity index (χ4n) is 2.70. The minimum Gasteiger partial charge on any atom is -0.493 e. The number of nitrogens with zero attached hydrogens (tertiary/aromatic N) is 4. The van der Waals surface area contributed by atoms with Crippen LogP contribution in [0.2, 0.25) is 0 Å². The summed E-state index contributed by atoms with van der Waals surface area (Å²) in [5, 5.41) is 3.99. The molecule has 0 unspecified atom stereocenters. The third kappa shape index (κ3) is 3.77. The van der Waals surface area contributed by atoms with Gasteiger partial charge in [-0.25, -0.2) is 0 Å². The van der Waals surface area contributed by atoms with E-state index < -0.39 is 11.9 Å². The van der Waals surface area contributed by atoms with Crippen LogP contribution in [-0.2, 0) is 23.1 Å². The third-order valence-corrected chi connectivity index (χ3v) is 5.06. The van der Waals surface area contributed by atoms with Crippen LogP contribution in [0.4, 0.5) is 0 Å². The van der Waals surface area contributed by atoms with Crippen molar-refractivity contribution in [2.45, 2.75) is 13.5 Å². The standard InChI is InChI=1S/C18H20N4O5S/c1-5-27-16(23)10-22-12-8-13(25-3)14(26-4)9-15(12)28-18(22)20-17(24)11-6-7-19-21(11)2/h6-9H,5,10H2,1-4H3. The lowest BCUT2D eigenvalue weighted by Crippen LogP contribution is -2.23. The van der Waals surface area contributed by atoms with Crippen molar-refractivity contribution in [3.8, 4) is 11.5 Å². The summed E-state index contributed by atoms with van der Waals surface area (Å²) in [5.41, 5.74) is 1.03. The Morgan fingerprint density at radius 2 is 1.93 bits per heavy atom. The summed E-state index contributed by atoms with van der Waals surface area (Å²) in [6.07, 6.45) is 1.52. The smallest absolute Gasteiger partial charge is 0.326 e. The summed E-state index contributed by atoms with van der Waals surface area (Å²) in [7, 11) is 4.74. The molecule has 0 radical (unpaired) electrons. The highest BCUT2D eigenvalue weighted by atomic mass is 32.1. The summed E-state index contributed by atoms with van der Waals surface area (Å²) in [5.74, 6) is 0.175. The first kappa shape index (κ1) is 19.6. The number of ether oxygens (including phenoxy) is 3. The maximum atomic E-state index is 12.6. The molecule has 2 aromatic heterocycles. The average molecular weight is 404 g/mol. The lowest BCUT2D eigenvalue weighted by molar-refractivity contribution is -0.143. The number of hydrogen-bond acceptors (Lipinski definition) is 7.